The van der Waals surface area contributed by atoms with Crippen LogP contribution in [0.1, 0.15) is 51.9 Å². The molecule has 0 heterocycles. The molecule has 0 bridgehead atoms. The van der Waals surface area contributed by atoms with E-state index in [0.29, 0.717) is 13.0 Å². The summed E-state index contributed by atoms with van der Waals surface area (Å²) in [5.74, 6) is 0. The molecule has 2 nitrogen and oxygen atoms in total. The number of hydrogen-bond acceptors (Lipinski definition) is 1. The fraction of sp³-hybridized carbons (Fsp3) is 1.00. The van der Waals surface area contributed by atoms with Crippen LogP contribution in [0.2, 0.25) is 0 Å². The second-order valence-corrected chi connectivity index (χ2v) is 3.44. The molecule has 0 spiro atoms. The van der Waals surface area contributed by atoms with Crippen molar-refractivity contribution in [3.05, 3.63) is 0 Å². The lowest BCUT2D eigenvalue weighted by Gasteiger charge is -2.02. The molecule has 0 fully saturated rings. The maximum absolute atomic E-state index is 10.1. The lowest BCUT2D eigenvalue weighted by molar-refractivity contribution is 0.0964. The van der Waals surface area contributed by atoms with Gasteiger partial charge in [0.2, 0.25) is 0 Å². The van der Waals surface area contributed by atoms with Crippen LogP contribution in [0.15, 0.2) is 0 Å². The van der Waals surface area contributed by atoms with E-state index in [1.807, 2.05) is 0 Å². The molecule has 2 heteroatoms. The molecule has 0 aliphatic carbocycles. The van der Waals surface area contributed by atoms with Crippen molar-refractivity contribution in [2.24, 2.45) is 0 Å². The lowest BCUT2D eigenvalue weighted by Crippen LogP contribution is -1.98. The summed E-state index contributed by atoms with van der Waals surface area (Å²) in [5, 5.41) is 10.1. The van der Waals surface area contributed by atoms with Crippen molar-refractivity contribution in [2.75, 3.05) is 19.8 Å². The molecule has 1 radical (unpaired) electrons. The van der Waals surface area contributed by atoms with Gasteiger partial charge in [0.1, 0.15) is 0 Å². The van der Waals surface area contributed by atoms with E-state index in [4.69, 9.17) is 4.74 Å². The molecule has 0 aromatic carbocycles. The smallest absolute Gasteiger partial charge is 0.0844 e. The average Bonchev–Trinajstić information content (AvgIpc) is 2.16. The Labute approximate surface area is 82.3 Å². The van der Waals surface area contributed by atoms with Crippen LogP contribution in [-0.2, 0) is 9.84 Å². The van der Waals surface area contributed by atoms with Gasteiger partial charge in [-0.25, -0.2) is 5.11 Å². The molecule has 0 saturated carbocycles. The van der Waals surface area contributed by atoms with Crippen LogP contribution in [0.3, 0.4) is 0 Å². The highest BCUT2D eigenvalue weighted by Crippen LogP contribution is 2.04. The first-order valence-electron chi connectivity index (χ1n) is 5.57. The van der Waals surface area contributed by atoms with Crippen molar-refractivity contribution in [3.8, 4) is 0 Å². The molecule has 0 atom stereocenters. The maximum atomic E-state index is 10.1. The summed E-state index contributed by atoms with van der Waals surface area (Å²) in [6.45, 7) is 3.72. The summed E-state index contributed by atoms with van der Waals surface area (Å²) in [5.41, 5.74) is 0. The highest BCUT2D eigenvalue weighted by Gasteiger charge is 1.90. The van der Waals surface area contributed by atoms with Crippen molar-refractivity contribution in [3.63, 3.8) is 0 Å². The van der Waals surface area contributed by atoms with Crippen LogP contribution in [0.5, 0.6) is 0 Å². The third-order valence-corrected chi connectivity index (χ3v) is 2.08. The summed E-state index contributed by atoms with van der Waals surface area (Å²) in [6, 6.07) is 0. The lowest BCUT2D eigenvalue weighted by atomic mass is 10.1. The number of ether oxygens (including phenoxy) is 1. The zero-order valence-electron chi connectivity index (χ0n) is 8.89. The number of rotatable bonds is 10. The van der Waals surface area contributed by atoms with Gasteiger partial charge in [0.05, 0.1) is 6.61 Å². The third kappa shape index (κ3) is 11.9. The predicted octanol–water partition coefficient (Wildman–Crippen LogP) is 3.18. The first-order chi connectivity index (χ1) is 6.41. The fourth-order valence-electron chi connectivity index (χ4n) is 1.25. The Morgan fingerprint density at radius 3 is 2.15 bits per heavy atom. The Balaban J connectivity index is 2.76. The van der Waals surface area contributed by atoms with E-state index >= 15 is 0 Å². The Kier molecular flexibility index (Phi) is 11.8. The van der Waals surface area contributed by atoms with Crippen LogP contribution in [0.25, 0.3) is 0 Å². The van der Waals surface area contributed by atoms with Gasteiger partial charge < -0.3 is 4.74 Å². The van der Waals surface area contributed by atoms with Crippen LogP contribution >= 0.6 is 0 Å². The Morgan fingerprint density at radius 1 is 0.846 bits per heavy atom. The minimum atomic E-state index is -0.00347. The Hall–Kier alpha value is -0.0800. The van der Waals surface area contributed by atoms with Gasteiger partial charge in [-0.2, -0.15) is 0 Å². The third-order valence-electron chi connectivity index (χ3n) is 2.08. The van der Waals surface area contributed by atoms with Gasteiger partial charge in [0, 0.05) is 13.2 Å². The van der Waals surface area contributed by atoms with Crippen molar-refractivity contribution in [2.45, 2.75) is 51.9 Å². The van der Waals surface area contributed by atoms with E-state index in [-0.39, 0.29) is 6.61 Å². The monoisotopic (exact) mass is 187 g/mol. The van der Waals surface area contributed by atoms with Gasteiger partial charge in [-0.1, -0.05) is 39.0 Å². The molecule has 0 aliphatic heterocycles. The van der Waals surface area contributed by atoms with Crippen LogP contribution in [-0.4, -0.2) is 19.8 Å². The number of unbranched alkanes of at least 4 members (excludes halogenated alkanes) is 5. The molecule has 0 aromatic heterocycles. The van der Waals surface area contributed by atoms with Crippen LogP contribution < -0.4 is 0 Å². The SMILES string of the molecule is CCCCCCCCOCCC[O]. The maximum Gasteiger partial charge on any atom is 0.0844 e. The van der Waals surface area contributed by atoms with Gasteiger partial charge >= 0.3 is 0 Å². The molecule has 0 aromatic rings. The van der Waals surface area contributed by atoms with Crippen molar-refractivity contribution >= 4 is 0 Å². The van der Waals surface area contributed by atoms with E-state index < -0.39 is 0 Å². The Bertz CT molecular complexity index is 74.2. The Morgan fingerprint density at radius 2 is 1.46 bits per heavy atom. The highest BCUT2D eigenvalue weighted by atomic mass is 16.5. The fourth-order valence-corrected chi connectivity index (χ4v) is 1.25. The molecule has 0 rings (SSSR count). The summed E-state index contributed by atoms with van der Waals surface area (Å²) < 4.78 is 5.28. The van der Waals surface area contributed by atoms with Crippen molar-refractivity contribution in [1.82, 2.24) is 0 Å². The molecule has 0 amide bonds. The minimum Gasteiger partial charge on any atom is -0.381 e. The minimum absolute atomic E-state index is 0.00347. The standard InChI is InChI=1S/C11H23O2/c1-2-3-4-5-6-7-10-13-11-8-9-12/h2-11H2,1H3. The average molecular weight is 187 g/mol. The molecule has 0 unspecified atom stereocenters. The van der Waals surface area contributed by atoms with Gasteiger partial charge in [0.15, 0.2) is 0 Å². The molecule has 0 N–H and O–H groups in total. The largest absolute Gasteiger partial charge is 0.381 e. The van der Waals surface area contributed by atoms with Gasteiger partial charge in [-0.15, -0.1) is 0 Å². The summed E-state index contributed by atoms with van der Waals surface area (Å²) in [4.78, 5) is 0. The van der Waals surface area contributed by atoms with E-state index in [2.05, 4.69) is 6.92 Å². The highest BCUT2D eigenvalue weighted by molar-refractivity contribution is 4.43. The topological polar surface area (TPSA) is 29.1 Å². The van der Waals surface area contributed by atoms with Crippen LogP contribution in [0, 0.1) is 0 Å². The van der Waals surface area contributed by atoms with Crippen molar-refractivity contribution in [1.29, 1.82) is 0 Å². The number of hydrogen-bond donors (Lipinski definition) is 0. The second kappa shape index (κ2) is 11.9. The molecular weight excluding hydrogens is 164 g/mol. The molecular formula is C11H23O2. The normalized spacial score (nSPS) is 10.6. The van der Waals surface area contributed by atoms with E-state index in [1.54, 1.807) is 0 Å². The summed E-state index contributed by atoms with van der Waals surface area (Å²) >= 11 is 0. The van der Waals surface area contributed by atoms with Crippen molar-refractivity contribution < 1.29 is 9.84 Å². The predicted molar refractivity (Wildman–Crippen MR) is 54.4 cm³/mol. The summed E-state index contributed by atoms with van der Waals surface area (Å²) in [6.07, 6.45) is 8.45. The molecule has 13 heavy (non-hydrogen) atoms. The molecule has 0 aliphatic rings. The zero-order chi connectivity index (χ0) is 9.78. The van der Waals surface area contributed by atoms with E-state index in [0.717, 1.165) is 13.0 Å². The molecule has 0 saturated heterocycles. The quantitative estimate of drug-likeness (QED) is 0.483. The van der Waals surface area contributed by atoms with E-state index in [1.165, 1.54) is 32.1 Å². The second-order valence-electron chi connectivity index (χ2n) is 3.44. The van der Waals surface area contributed by atoms with Gasteiger partial charge in [0.25, 0.3) is 0 Å². The molecule has 79 valence electrons. The zero-order valence-corrected chi connectivity index (χ0v) is 8.89. The summed E-state index contributed by atoms with van der Waals surface area (Å²) in [7, 11) is 0. The van der Waals surface area contributed by atoms with Crippen LogP contribution in [0.4, 0.5) is 0 Å². The van der Waals surface area contributed by atoms with Gasteiger partial charge in [-0.3, -0.25) is 0 Å². The van der Waals surface area contributed by atoms with Gasteiger partial charge in [-0.05, 0) is 12.8 Å². The first-order valence-corrected chi connectivity index (χ1v) is 5.57. The van der Waals surface area contributed by atoms with E-state index in [9.17, 15) is 5.11 Å². The first kappa shape index (κ1) is 12.9.